The molecule has 20 heavy (non-hydrogen) atoms. The Kier molecular flexibility index (Phi) is 3.55. The summed E-state index contributed by atoms with van der Waals surface area (Å²) in [5.74, 6) is 0.737. The Hall–Kier alpha value is -0.993. The minimum atomic E-state index is -1.48. The summed E-state index contributed by atoms with van der Waals surface area (Å²) in [6.07, 6.45) is 3.65. The van der Waals surface area contributed by atoms with Gasteiger partial charge in [0.1, 0.15) is 0 Å². The third kappa shape index (κ3) is 2.06. The number of hydrogen-bond donors (Lipinski definition) is 0. The zero-order chi connectivity index (χ0) is 14.2. The van der Waals surface area contributed by atoms with Gasteiger partial charge in [0.2, 0.25) is 0 Å². The van der Waals surface area contributed by atoms with E-state index in [0.29, 0.717) is 4.37 Å². The molecule has 1 unspecified atom stereocenters. The van der Waals surface area contributed by atoms with E-state index in [9.17, 15) is 0 Å². The van der Waals surface area contributed by atoms with Crippen molar-refractivity contribution in [3.8, 4) is 0 Å². The molecular weight excluding hydrogens is 276 g/mol. The van der Waals surface area contributed by atoms with E-state index in [2.05, 4.69) is 91.8 Å². The first-order chi connectivity index (χ1) is 9.62. The lowest BCUT2D eigenvalue weighted by Gasteiger charge is -2.33. The third-order valence-electron chi connectivity index (χ3n) is 5.03. The molecule has 1 saturated carbocycles. The second kappa shape index (κ2) is 5.08. The van der Waals surface area contributed by atoms with Gasteiger partial charge in [-0.05, 0) is 24.2 Å². The topological polar surface area (TPSA) is 0 Å². The van der Waals surface area contributed by atoms with Crippen LogP contribution in [-0.4, -0.2) is 18.7 Å². The van der Waals surface area contributed by atoms with Crippen LogP contribution in [0.5, 0.6) is 0 Å². The molecule has 1 aliphatic rings. The van der Waals surface area contributed by atoms with Crippen molar-refractivity contribution in [2.24, 2.45) is 0 Å². The van der Waals surface area contributed by atoms with Gasteiger partial charge in [0.25, 0.3) is 0 Å². The van der Waals surface area contributed by atoms with Crippen LogP contribution < -0.4 is 5.19 Å². The molecule has 0 spiro atoms. The molecule has 3 rings (SSSR count). The SMILES string of the molecule is CS[C@]1([Si](C)(C)c2ccccc2)CC1c1ccccc1. The fourth-order valence-electron chi connectivity index (χ4n) is 3.59. The van der Waals surface area contributed by atoms with Crippen molar-refractivity contribution >= 4 is 25.0 Å². The van der Waals surface area contributed by atoms with Gasteiger partial charge in [-0.15, -0.1) is 0 Å². The van der Waals surface area contributed by atoms with E-state index in [1.807, 2.05) is 0 Å². The summed E-state index contributed by atoms with van der Waals surface area (Å²) in [5, 5.41) is 1.59. The summed E-state index contributed by atoms with van der Waals surface area (Å²) < 4.78 is 0.468. The molecule has 0 aliphatic heterocycles. The van der Waals surface area contributed by atoms with E-state index in [-0.39, 0.29) is 0 Å². The molecule has 0 aromatic heterocycles. The molecular formula is C18H22SSi. The molecule has 0 radical (unpaired) electrons. The summed E-state index contributed by atoms with van der Waals surface area (Å²) in [6.45, 7) is 5.09. The Morgan fingerprint density at radius 3 is 2.05 bits per heavy atom. The fourth-order valence-corrected chi connectivity index (χ4v) is 10.0. The highest BCUT2D eigenvalue weighted by Crippen LogP contribution is 2.63. The Morgan fingerprint density at radius 2 is 1.50 bits per heavy atom. The lowest BCUT2D eigenvalue weighted by Crippen LogP contribution is -2.53. The first kappa shape index (κ1) is 14.0. The fraction of sp³-hybridized carbons (Fsp3) is 0.333. The predicted molar refractivity (Wildman–Crippen MR) is 93.6 cm³/mol. The predicted octanol–water partition coefficient (Wildman–Crippen LogP) is 4.43. The van der Waals surface area contributed by atoms with Crippen molar-refractivity contribution in [2.45, 2.75) is 29.8 Å². The highest BCUT2D eigenvalue weighted by molar-refractivity contribution is 8.02. The summed E-state index contributed by atoms with van der Waals surface area (Å²) in [4.78, 5) is 0. The second-order valence-corrected chi connectivity index (χ2v) is 12.5. The third-order valence-corrected chi connectivity index (χ3v) is 12.8. The van der Waals surface area contributed by atoms with E-state index in [1.165, 1.54) is 12.0 Å². The maximum atomic E-state index is 2.54. The standard InChI is InChI=1S/C18H22SSi/c1-19-18(14-17(18)15-10-6-4-7-11-15)20(2,3)16-12-8-5-9-13-16/h4-13,17H,14H2,1-3H3/t17?,18-/m0/s1. The Balaban J connectivity index is 1.96. The molecule has 0 nitrogen and oxygen atoms in total. The highest BCUT2D eigenvalue weighted by atomic mass is 32.2. The zero-order valence-electron chi connectivity index (χ0n) is 12.5. The first-order valence-corrected chi connectivity index (χ1v) is 11.5. The van der Waals surface area contributed by atoms with Crippen LogP contribution in [0.1, 0.15) is 17.9 Å². The van der Waals surface area contributed by atoms with E-state index in [0.717, 1.165) is 5.92 Å². The summed E-state index contributed by atoms with van der Waals surface area (Å²) in [7, 11) is -1.48. The minimum absolute atomic E-state index is 0.468. The van der Waals surface area contributed by atoms with Crippen molar-refractivity contribution in [1.29, 1.82) is 0 Å². The lowest BCUT2D eigenvalue weighted by atomic mass is 10.1. The normalized spacial score (nSPS) is 25.4. The van der Waals surface area contributed by atoms with Crippen molar-refractivity contribution in [3.05, 3.63) is 66.2 Å². The molecule has 0 amide bonds. The van der Waals surface area contributed by atoms with Gasteiger partial charge >= 0.3 is 0 Å². The highest BCUT2D eigenvalue weighted by Gasteiger charge is 2.64. The van der Waals surface area contributed by atoms with E-state index in [4.69, 9.17) is 0 Å². The second-order valence-electron chi connectivity index (χ2n) is 6.25. The van der Waals surface area contributed by atoms with Crippen LogP contribution in [-0.2, 0) is 0 Å². The van der Waals surface area contributed by atoms with Gasteiger partial charge in [-0.2, -0.15) is 11.8 Å². The van der Waals surface area contributed by atoms with Gasteiger partial charge in [-0.25, -0.2) is 0 Å². The summed E-state index contributed by atoms with van der Waals surface area (Å²) >= 11 is 2.10. The molecule has 1 aliphatic carbocycles. The Bertz CT molecular complexity index is 579. The first-order valence-electron chi connectivity index (χ1n) is 7.27. The quantitative estimate of drug-likeness (QED) is 0.752. The molecule has 0 saturated heterocycles. The number of hydrogen-bond acceptors (Lipinski definition) is 1. The van der Waals surface area contributed by atoms with Crippen molar-refractivity contribution < 1.29 is 0 Å². The number of rotatable bonds is 4. The van der Waals surface area contributed by atoms with Crippen LogP contribution in [0.4, 0.5) is 0 Å². The largest absolute Gasteiger partial charge is 0.161 e. The smallest absolute Gasteiger partial charge is 0.0983 e. The minimum Gasteiger partial charge on any atom is -0.161 e. The maximum absolute atomic E-state index is 2.54. The van der Waals surface area contributed by atoms with Gasteiger partial charge in [0.05, 0.1) is 8.07 Å². The molecule has 0 N–H and O–H groups in total. The molecule has 1 fully saturated rings. The van der Waals surface area contributed by atoms with Crippen LogP contribution in [0, 0.1) is 0 Å². The van der Waals surface area contributed by atoms with Crippen LogP contribution in [0.2, 0.25) is 13.1 Å². The van der Waals surface area contributed by atoms with Crippen LogP contribution in [0.3, 0.4) is 0 Å². The number of benzene rings is 2. The number of thioether (sulfide) groups is 1. The van der Waals surface area contributed by atoms with Gasteiger partial charge < -0.3 is 0 Å². The monoisotopic (exact) mass is 298 g/mol. The summed E-state index contributed by atoms with van der Waals surface area (Å²) in [5.41, 5.74) is 1.53. The van der Waals surface area contributed by atoms with Crippen molar-refractivity contribution in [1.82, 2.24) is 0 Å². The van der Waals surface area contributed by atoms with Crippen LogP contribution in [0.25, 0.3) is 0 Å². The van der Waals surface area contributed by atoms with Gasteiger partial charge in [-0.1, -0.05) is 78.9 Å². The lowest BCUT2D eigenvalue weighted by molar-refractivity contribution is 1.09. The molecule has 2 heteroatoms. The van der Waals surface area contributed by atoms with E-state index in [1.54, 1.807) is 5.19 Å². The molecule has 104 valence electrons. The Labute approximate surface area is 127 Å². The molecule has 0 bridgehead atoms. The van der Waals surface area contributed by atoms with E-state index < -0.39 is 8.07 Å². The summed E-state index contributed by atoms with van der Waals surface area (Å²) in [6, 6.07) is 22.3. The molecule has 2 atom stereocenters. The average molecular weight is 299 g/mol. The van der Waals surface area contributed by atoms with Crippen LogP contribution >= 0.6 is 11.8 Å². The molecule has 0 heterocycles. The maximum Gasteiger partial charge on any atom is 0.0983 e. The van der Waals surface area contributed by atoms with Gasteiger partial charge in [0.15, 0.2) is 0 Å². The molecule has 2 aromatic carbocycles. The Morgan fingerprint density at radius 1 is 0.950 bits per heavy atom. The molecule has 2 aromatic rings. The van der Waals surface area contributed by atoms with Crippen molar-refractivity contribution in [2.75, 3.05) is 6.26 Å². The van der Waals surface area contributed by atoms with E-state index >= 15 is 0 Å². The van der Waals surface area contributed by atoms with Crippen LogP contribution in [0.15, 0.2) is 60.7 Å². The average Bonchev–Trinajstić information content (AvgIpc) is 3.26. The zero-order valence-corrected chi connectivity index (χ0v) is 14.3. The van der Waals surface area contributed by atoms with Crippen molar-refractivity contribution in [3.63, 3.8) is 0 Å². The van der Waals surface area contributed by atoms with Gasteiger partial charge in [-0.3, -0.25) is 0 Å². The van der Waals surface area contributed by atoms with Gasteiger partial charge in [0, 0.05) is 4.37 Å².